The number of nitrogens with zero attached hydrogens (tertiary/aromatic N) is 3. The Morgan fingerprint density at radius 1 is 1.07 bits per heavy atom. The van der Waals surface area contributed by atoms with Crippen LogP contribution in [0.15, 0.2) is 54.7 Å². The van der Waals surface area contributed by atoms with E-state index < -0.39 is 0 Å². The van der Waals surface area contributed by atoms with Gasteiger partial charge < -0.3 is 9.64 Å². The van der Waals surface area contributed by atoms with Gasteiger partial charge in [-0.3, -0.25) is 14.8 Å². The van der Waals surface area contributed by atoms with Crippen molar-refractivity contribution in [2.75, 3.05) is 26.7 Å². The smallest absolute Gasteiger partial charge is 0.224 e. The first-order valence-electron chi connectivity index (χ1n) is 10.3. The van der Waals surface area contributed by atoms with Crippen molar-refractivity contribution >= 4 is 5.91 Å². The number of aromatic amines is 1. The molecule has 0 unspecified atom stereocenters. The first-order valence-corrected chi connectivity index (χ1v) is 10.3. The van der Waals surface area contributed by atoms with Crippen LogP contribution in [0.3, 0.4) is 0 Å². The molecule has 1 saturated heterocycles. The van der Waals surface area contributed by atoms with E-state index in [9.17, 15) is 4.79 Å². The molecule has 0 saturated carbocycles. The molecule has 6 heteroatoms. The highest BCUT2D eigenvalue weighted by Gasteiger charge is 2.22. The molecule has 1 fully saturated rings. The van der Waals surface area contributed by atoms with E-state index in [4.69, 9.17) is 4.74 Å². The van der Waals surface area contributed by atoms with Crippen LogP contribution in [0.1, 0.15) is 23.1 Å². The molecule has 3 aromatic rings. The van der Waals surface area contributed by atoms with Crippen molar-refractivity contribution in [3.05, 3.63) is 71.4 Å². The molecule has 1 N–H and O–H groups in total. The van der Waals surface area contributed by atoms with Crippen molar-refractivity contribution in [3.8, 4) is 17.0 Å². The minimum Gasteiger partial charge on any atom is -0.497 e. The highest BCUT2D eigenvalue weighted by atomic mass is 16.5. The molecule has 30 heavy (non-hydrogen) atoms. The van der Waals surface area contributed by atoms with Crippen molar-refractivity contribution < 1.29 is 9.53 Å². The molecule has 0 atom stereocenters. The first-order chi connectivity index (χ1) is 14.6. The van der Waals surface area contributed by atoms with Gasteiger partial charge in [-0.1, -0.05) is 29.8 Å². The van der Waals surface area contributed by atoms with E-state index in [-0.39, 0.29) is 5.91 Å². The van der Waals surface area contributed by atoms with Gasteiger partial charge in [0, 0.05) is 50.3 Å². The molecule has 1 aliphatic rings. The summed E-state index contributed by atoms with van der Waals surface area (Å²) in [7, 11) is 1.67. The quantitative estimate of drug-likeness (QED) is 0.682. The first kappa shape index (κ1) is 20.2. The summed E-state index contributed by atoms with van der Waals surface area (Å²) in [6, 6.07) is 16.4. The van der Waals surface area contributed by atoms with E-state index in [1.165, 1.54) is 11.1 Å². The number of nitrogens with one attached hydrogen (secondary N) is 1. The number of carbonyl (C=O) groups excluding carboxylic acids is 1. The van der Waals surface area contributed by atoms with Gasteiger partial charge in [-0.05, 0) is 36.8 Å². The number of methoxy groups -OCH3 is 1. The topological polar surface area (TPSA) is 61.5 Å². The summed E-state index contributed by atoms with van der Waals surface area (Å²) in [6.07, 6.45) is 2.43. The fourth-order valence-electron chi connectivity index (χ4n) is 3.95. The SMILES string of the molecule is COc1ccc(-c2[nH]ncc2CN2CCC(=O)N(Cc3cccc(C)c3)CC2)cc1. The Labute approximate surface area is 177 Å². The average molecular weight is 405 g/mol. The number of amides is 1. The summed E-state index contributed by atoms with van der Waals surface area (Å²) in [5, 5.41) is 7.39. The molecule has 6 nitrogen and oxygen atoms in total. The maximum absolute atomic E-state index is 12.7. The molecule has 0 bridgehead atoms. The van der Waals surface area contributed by atoms with Crippen molar-refractivity contribution in [2.24, 2.45) is 0 Å². The van der Waals surface area contributed by atoms with Crippen LogP contribution in [0.5, 0.6) is 5.75 Å². The van der Waals surface area contributed by atoms with Gasteiger partial charge in [0.1, 0.15) is 5.75 Å². The Morgan fingerprint density at radius 2 is 1.90 bits per heavy atom. The molecule has 0 radical (unpaired) electrons. The van der Waals surface area contributed by atoms with Crippen LogP contribution in [-0.4, -0.2) is 52.6 Å². The lowest BCUT2D eigenvalue weighted by Crippen LogP contribution is -2.32. The van der Waals surface area contributed by atoms with E-state index >= 15 is 0 Å². The maximum atomic E-state index is 12.7. The molecule has 0 spiro atoms. The summed E-state index contributed by atoms with van der Waals surface area (Å²) < 4.78 is 5.25. The molecular formula is C24H28N4O2. The zero-order valence-electron chi connectivity index (χ0n) is 17.6. The Balaban J connectivity index is 1.42. The molecular weight excluding hydrogens is 376 g/mol. The van der Waals surface area contributed by atoms with Crippen LogP contribution in [0.2, 0.25) is 0 Å². The van der Waals surface area contributed by atoms with Gasteiger partial charge in [0.2, 0.25) is 5.91 Å². The number of hydrogen-bond acceptors (Lipinski definition) is 4. The summed E-state index contributed by atoms with van der Waals surface area (Å²) in [5.41, 5.74) is 5.65. The Morgan fingerprint density at radius 3 is 2.67 bits per heavy atom. The molecule has 0 aliphatic carbocycles. The average Bonchev–Trinajstić information content (AvgIpc) is 3.15. The fourth-order valence-corrected chi connectivity index (χ4v) is 3.95. The molecule has 156 valence electrons. The molecule has 1 aliphatic heterocycles. The predicted octanol–water partition coefficient (Wildman–Crippen LogP) is 3.63. The predicted molar refractivity (Wildman–Crippen MR) is 117 cm³/mol. The number of aromatic nitrogens is 2. The Bertz CT molecular complexity index is 996. The molecule has 4 rings (SSSR count). The second kappa shape index (κ2) is 9.13. The molecule has 1 amide bonds. The summed E-state index contributed by atoms with van der Waals surface area (Å²) in [6.45, 7) is 5.88. The lowest BCUT2D eigenvalue weighted by atomic mass is 10.1. The monoisotopic (exact) mass is 404 g/mol. The van der Waals surface area contributed by atoms with Gasteiger partial charge in [0.05, 0.1) is 19.0 Å². The van der Waals surface area contributed by atoms with E-state index in [1.807, 2.05) is 35.4 Å². The summed E-state index contributed by atoms with van der Waals surface area (Å²) in [5.74, 6) is 1.06. The number of rotatable bonds is 6. The van der Waals surface area contributed by atoms with Crippen molar-refractivity contribution in [1.82, 2.24) is 20.0 Å². The highest BCUT2D eigenvalue weighted by molar-refractivity contribution is 5.76. The van der Waals surface area contributed by atoms with Crippen LogP contribution in [0.4, 0.5) is 0 Å². The van der Waals surface area contributed by atoms with Crippen LogP contribution in [0.25, 0.3) is 11.3 Å². The van der Waals surface area contributed by atoms with Gasteiger partial charge in [-0.2, -0.15) is 5.10 Å². The zero-order chi connectivity index (χ0) is 20.9. The van der Waals surface area contributed by atoms with E-state index in [0.717, 1.165) is 48.7 Å². The number of benzene rings is 2. The molecule has 2 aromatic carbocycles. The van der Waals surface area contributed by atoms with Gasteiger partial charge in [0.25, 0.3) is 0 Å². The zero-order valence-corrected chi connectivity index (χ0v) is 17.6. The number of aryl methyl sites for hydroxylation is 1. The standard InChI is InChI=1S/C24H28N4O2/c1-18-4-3-5-19(14-18)16-28-13-12-27(11-10-23(28)29)17-21-15-25-26-24(21)20-6-8-22(30-2)9-7-20/h3-9,14-15H,10-13,16-17H2,1-2H3,(H,25,26). The second-order valence-corrected chi connectivity index (χ2v) is 7.83. The van der Waals surface area contributed by atoms with Crippen LogP contribution < -0.4 is 4.74 Å². The lowest BCUT2D eigenvalue weighted by Gasteiger charge is -2.22. The third kappa shape index (κ3) is 4.71. The van der Waals surface area contributed by atoms with Crippen LogP contribution >= 0.6 is 0 Å². The molecule has 2 heterocycles. The number of H-pyrrole nitrogens is 1. The van der Waals surface area contributed by atoms with Crippen LogP contribution in [0, 0.1) is 6.92 Å². The van der Waals surface area contributed by atoms with Gasteiger partial charge >= 0.3 is 0 Å². The number of carbonyl (C=O) groups is 1. The van der Waals surface area contributed by atoms with Crippen molar-refractivity contribution in [3.63, 3.8) is 0 Å². The Hall–Kier alpha value is -3.12. The van der Waals surface area contributed by atoms with Gasteiger partial charge in [0.15, 0.2) is 0 Å². The molecule has 1 aromatic heterocycles. The van der Waals surface area contributed by atoms with Crippen molar-refractivity contribution in [1.29, 1.82) is 0 Å². The van der Waals surface area contributed by atoms with E-state index in [0.29, 0.717) is 13.0 Å². The fraction of sp³-hybridized carbons (Fsp3) is 0.333. The number of ether oxygens (including phenoxy) is 1. The summed E-state index contributed by atoms with van der Waals surface area (Å²) in [4.78, 5) is 17.0. The lowest BCUT2D eigenvalue weighted by molar-refractivity contribution is -0.130. The van der Waals surface area contributed by atoms with Crippen LogP contribution in [-0.2, 0) is 17.9 Å². The Kier molecular flexibility index (Phi) is 6.14. The normalized spacial score (nSPS) is 15.3. The van der Waals surface area contributed by atoms with Gasteiger partial charge in [-0.25, -0.2) is 0 Å². The third-order valence-corrected chi connectivity index (χ3v) is 5.63. The largest absolute Gasteiger partial charge is 0.497 e. The number of hydrogen-bond donors (Lipinski definition) is 1. The summed E-state index contributed by atoms with van der Waals surface area (Å²) >= 11 is 0. The van der Waals surface area contributed by atoms with E-state index in [2.05, 4.69) is 46.3 Å². The van der Waals surface area contributed by atoms with Crippen molar-refractivity contribution in [2.45, 2.75) is 26.4 Å². The maximum Gasteiger partial charge on any atom is 0.224 e. The third-order valence-electron chi connectivity index (χ3n) is 5.63. The highest BCUT2D eigenvalue weighted by Crippen LogP contribution is 2.25. The minimum absolute atomic E-state index is 0.224. The van der Waals surface area contributed by atoms with E-state index in [1.54, 1.807) is 7.11 Å². The van der Waals surface area contributed by atoms with Gasteiger partial charge in [-0.15, -0.1) is 0 Å². The second-order valence-electron chi connectivity index (χ2n) is 7.83. The minimum atomic E-state index is 0.224.